The Balaban J connectivity index is 2.19. The van der Waals surface area contributed by atoms with Gasteiger partial charge in [-0.05, 0) is 37.1 Å². The molecule has 0 saturated heterocycles. The standard InChI is InChI=1S/C14H15N3O2/c1-10-8-15-7-6-12(10)9-16-13-4-3-5-14(11(13)2)17(18)19/h3-8,16H,9H2,1-2H3. The Labute approximate surface area is 111 Å². The number of rotatable bonds is 4. The van der Waals surface area contributed by atoms with Gasteiger partial charge in [0.25, 0.3) is 5.69 Å². The van der Waals surface area contributed by atoms with E-state index in [1.165, 1.54) is 6.07 Å². The first kappa shape index (κ1) is 13.0. The van der Waals surface area contributed by atoms with Crippen LogP contribution in [0.2, 0.25) is 0 Å². The molecule has 1 N–H and O–H groups in total. The van der Waals surface area contributed by atoms with E-state index < -0.39 is 0 Å². The summed E-state index contributed by atoms with van der Waals surface area (Å²) in [6.07, 6.45) is 3.54. The van der Waals surface area contributed by atoms with E-state index >= 15 is 0 Å². The number of aromatic nitrogens is 1. The zero-order chi connectivity index (χ0) is 13.8. The van der Waals surface area contributed by atoms with E-state index in [2.05, 4.69) is 10.3 Å². The molecule has 0 fully saturated rings. The van der Waals surface area contributed by atoms with E-state index in [9.17, 15) is 10.1 Å². The highest BCUT2D eigenvalue weighted by Gasteiger charge is 2.12. The van der Waals surface area contributed by atoms with Gasteiger partial charge in [0.05, 0.1) is 4.92 Å². The summed E-state index contributed by atoms with van der Waals surface area (Å²) < 4.78 is 0. The summed E-state index contributed by atoms with van der Waals surface area (Å²) in [6.45, 7) is 4.36. The van der Waals surface area contributed by atoms with Gasteiger partial charge in [0.2, 0.25) is 0 Å². The number of hydrogen-bond donors (Lipinski definition) is 1. The highest BCUT2D eigenvalue weighted by Crippen LogP contribution is 2.25. The largest absolute Gasteiger partial charge is 0.381 e. The fourth-order valence-corrected chi connectivity index (χ4v) is 1.90. The van der Waals surface area contributed by atoms with Gasteiger partial charge in [0.15, 0.2) is 0 Å². The smallest absolute Gasteiger partial charge is 0.274 e. The average molecular weight is 257 g/mol. The van der Waals surface area contributed by atoms with Crippen molar-refractivity contribution >= 4 is 11.4 Å². The summed E-state index contributed by atoms with van der Waals surface area (Å²) in [6, 6.07) is 6.99. The highest BCUT2D eigenvalue weighted by molar-refractivity contribution is 5.59. The van der Waals surface area contributed by atoms with Gasteiger partial charge in [-0.2, -0.15) is 0 Å². The summed E-state index contributed by atoms with van der Waals surface area (Å²) >= 11 is 0. The molecule has 0 atom stereocenters. The van der Waals surface area contributed by atoms with E-state index in [1.807, 2.05) is 19.1 Å². The third-order valence-electron chi connectivity index (χ3n) is 3.11. The van der Waals surface area contributed by atoms with Crippen LogP contribution in [0.4, 0.5) is 11.4 Å². The van der Waals surface area contributed by atoms with Crippen molar-refractivity contribution in [3.8, 4) is 0 Å². The summed E-state index contributed by atoms with van der Waals surface area (Å²) in [5, 5.41) is 14.1. The number of pyridine rings is 1. The Hall–Kier alpha value is -2.43. The number of hydrogen-bond acceptors (Lipinski definition) is 4. The van der Waals surface area contributed by atoms with Crippen LogP contribution in [-0.4, -0.2) is 9.91 Å². The monoisotopic (exact) mass is 257 g/mol. The SMILES string of the molecule is Cc1cnccc1CNc1cccc([N+](=O)[O-])c1C. The minimum atomic E-state index is -0.363. The molecule has 0 spiro atoms. The predicted molar refractivity (Wildman–Crippen MR) is 74.1 cm³/mol. The first-order chi connectivity index (χ1) is 9.09. The predicted octanol–water partition coefficient (Wildman–Crippen LogP) is 3.22. The zero-order valence-electron chi connectivity index (χ0n) is 10.9. The number of nitro groups is 1. The molecule has 0 amide bonds. The van der Waals surface area contributed by atoms with Gasteiger partial charge in [0, 0.05) is 36.3 Å². The third-order valence-corrected chi connectivity index (χ3v) is 3.11. The zero-order valence-corrected chi connectivity index (χ0v) is 10.9. The molecule has 1 heterocycles. The second-order valence-corrected chi connectivity index (χ2v) is 4.36. The lowest BCUT2D eigenvalue weighted by atomic mass is 10.1. The first-order valence-electron chi connectivity index (χ1n) is 5.97. The Bertz CT molecular complexity index is 611. The van der Waals surface area contributed by atoms with Crippen LogP contribution in [0.3, 0.4) is 0 Å². The number of aryl methyl sites for hydroxylation is 1. The van der Waals surface area contributed by atoms with Crippen LogP contribution < -0.4 is 5.32 Å². The molecule has 0 aliphatic carbocycles. The molecule has 0 unspecified atom stereocenters. The molecule has 0 saturated carbocycles. The van der Waals surface area contributed by atoms with Gasteiger partial charge in [-0.3, -0.25) is 15.1 Å². The molecule has 19 heavy (non-hydrogen) atoms. The topological polar surface area (TPSA) is 68.1 Å². The lowest BCUT2D eigenvalue weighted by molar-refractivity contribution is -0.385. The number of benzene rings is 1. The number of nitrogens with zero attached hydrogens (tertiary/aromatic N) is 2. The summed E-state index contributed by atoms with van der Waals surface area (Å²) in [7, 11) is 0. The molecule has 98 valence electrons. The van der Waals surface area contributed by atoms with Crippen LogP contribution in [0, 0.1) is 24.0 Å². The molecule has 0 bridgehead atoms. The molecule has 0 aliphatic rings. The molecule has 2 rings (SSSR count). The Morgan fingerprint density at radius 3 is 2.79 bits per heavy atom. The van der Waals surface area contributed by atoms with Crippen molar-refractivity contribution in [3.63, 3.8) is 0 Å². The minimum Gasteiger partial charge on any atom is -0.381 e. The normalized spacial score (nSPS) is 10.2. The van der Waals surface area contributed by atoms with Crippen LogP contribution in [0.1, 0.15) is 16.7 Å². The molecule has 5 nitrogen and oxygen atoms in total. The molecule has 2 aromatic rings. The van der Waals surface area contributed by atoms with Crippen molar-refractivity contribution in [1.82, 2.24) is 4.98 Å². The van der Waals surface area contributed by atoms with E-state index in [4.69, 9.17) is 0 Å². The van der Waals surface area contributed by atoms with Gasteiger partial charge < -0.3 is 5.32 Å². The number of nitrogens with one attached hydrogen (secondary N) is 1. The van der Waals surface area contributed by atoms with Crippen LogP contribution >= 0.6 is 0 Å². The third kappa shape index (κ3) is 2.88. The van der Waals surface area contributed by atoms with Gasteiger partial charge in [-0.15, -0.1) is 0 Å². The Morgan fingerprint density at radius 1 is 1.32 bits per heavy atom. The Kier molecular flexibility index (Phi) is 3.75. The molecule has 0 radical (unpaired) electrons. The van der Waals surface area contributed by atoms with E-state index in [0.717, 1.165) is 16.8 Å². The van der Waals surface area contributed by atoms with Gasteiger partial charge in [-0.1, -0.05) is 6.07 Å². The highest BCUT2D eigenvalue weighted by atomic mass is 16.6. The van der Waals surface area contributed by atoms with Crippen LogP contribution in [0.15, 0.2) is 36.7 Å². The Morgan fingerprint density at radius 2 is 2.11 bits per heavy atom. The molecular weight excluding hydrogens is 242 g/mol. The number of nitro benzene ring substituents is 1. The van der Waals surface area contributed by atoms with E-state index in [-0.39, 0.29) is 10.6 Å². The quantitative estimate of drug-likeness (QED) is 0.674. The van der Waals surface area contributed by atoms with Crippen LogP contribution in [-0.2, 0) is 6.54 Å². The van der Waals surface area contributed by atoms with Crippen molar-refractivity contribution in [2.24, 2.45) is 0 Å². The van der Waals surface area contributed by atoms with Crippen molar-refractivity contribution < 1.29 is 4.92 Å². The second kappa shape index (κ2) is 5.48. The minimum absolute atomic E-state index is 0.136. The van der Waals surface area contributed by atoms with E-state index in [0.29, 0.717) is 12.1 Å². The van der Waals surface area contributed by atoms with Crippen LogP contribution in [0.25, 0.3) is 0 Å². The fraction of sp³-hybridized carbons (Fsp3) is 0.214. The fourth-order valence-electron chi connectivity index (χ4n) is 1.90. The second-order valence-electron chi connectivity index (χ2n) is 4.36. The summed E-state index contributed by atoms with van der Waals surface area (Å²) in [5.41, 5.74) is 3.79. The molecule has 1 aromatic carbocycles. The van der Waals surface area contributed by atoms with Gasteiger partial charge >= 0.3 is 0 Å². The van der Waals surface area contributed by atoms with Gasteiger partial charge in [0.1, 0.15) is 0 Å². The van der Waals surface area contributed by atoms with Crippen molar-refractivity contribution in [2.45, 2.75) is 20.4 Å². The maximum atomic E-state index is 10.9. The lowest BCUT2D eigenvalue weighted by Crippen LogP contribution is -2.04. The lowest BCUT2D eigenvalue weighted by Gasteiger charge is -2.11. The van der Waals surface area contributed by atoms with Crippen LogP contribution in [0.5, 0.6) is 0 Å². The van der Waals surface area contributed by atoms with Crippen molar-refractivity contribution in [1.29, 1.82) is 0 Å². The maximum Gasteiger partial charge on any atom is 0.274 e. The van der Waals surface area contributed by atoms with E-state index in [1.54, 1.807) is 25.4 Å². The van der Waals surface area contributed by atoms with Crippen molar-refractivity contribution in [2.75, 3.05) is 5.32 Å². The first-order valence-corrected chi connectivity index (χ1v) is 5.97. The molecule has 5 heteroatoms. The molecule has 0 aliphatic heterocycles. The summed E-state index contributed by atoms with van der Waals surface area (Å²) in [4.78, 5) is 14.5. The number of anilines is 1. The molecule has 1 aromatic heterocycles. The van der Waals surface area contributed by atoms with Gasteiger partial charge in [-0.25, -0.2) is 0 Å². The summed E-state index contributed by atoms with van der Waals surface area (Å²) in [5.74, 6) is 0. The van der Waals surface area contributed by atoms with Crippen molar-refractivity contribution in [3.05, 3.63) is 63.5 Å². The average Bonchev–Trinajstić information content (AvgIpc) is 2.39. The molecular formula is C14H15N3O2. The maximum absolute atomic E-state index is 10.9.